The average molecular weight is 225 g/mol. The molecule has 2 saturated carbocycles. The Morgan fingerprint density at radius 3 is 2.69 bits per heavy atom. The van der Waals surface area contributed by atoms with E-state index in [1.807, 2.05) is 0 Å². The molecule has 0 aromatic heterocycles. The molecule has 0 heterocycles. The highest BCUT2D eigenvalue weighted by Gasteiger charge is 2.24. The second kappa shape index (κ2) is 6.02. The smallest absolute Gasteiger partial charge is 0.0568 e. The summed E-state index contributed by atoms with van der Waals surface area (Å²) in [7, 11) is 0. The summed E-state index contributed by atoms with van der Waals surface area (Å²) >= 11 is 0. The van der Waals surface area contributed by atoms with Gasteiger partial charge in [0.25, 0.3) is 0 Å². The van der Waals surface area contributed by atoms with Crippen LogP contribution >= 0.6 is 0 Å². The fraction of sp³-hybridized carbons (Fsp3) is 1.00. The molecule has 2 rings (SSSR count). The Bertz CT molecular complexity index is 207. The fourth-order valence-electron chi connectivity index (χ4n) is 3.42. The predicted molar refractivity (Wildman–Crippen MR) is 67.4 cm³/mol. The van der Waals surface area contributed by atoms with Crippen molar-refractivity contribution in [3.63, 3.8) is 0 Å². The SMILES string of the molecule is CC1CCC(NCCCC2CCCC2O)C1. The van der Waals surface area contributed by atoms with Crippen molar-refractivity contribution in [3.05, 3.63) is 0 Å². The third-order valence-electron chi connectivity index (χ3n) is 4.50. The molecular formula is C14H27NO. The molecule has 0 spiro atoms. The summed E-state index contributed by atoms with van der Waals surface area (Å²) in [5, 5.41) is 13.4. The average Bonchev–Trinajstić information content (AvgIpc) is 2.83. The van der Waals surface area contributed by atoms with Crippen molar-refractivity contribution in [2.75, 3.05) is 6.54 Å². The Morgan fingerprint density at radius 2 is 2.06 bits per heavy atom. The largest absolute Gasteiger partial charge is 0.393 e. The molecule has 2 aliphatic rings. The quantitative estimate of drug-likeness (QED) is 0.705. The minimum atomic E-state index is 0.00602. The van der Waals surface area contributed by atoms with Gasteiger partial charge in [0.1, 0.15) is 0 Å². The van der Waals surface area contributed by atoms with E-state index in [4.69, 9.17) is 0 Å². The highest BCUT2D eigenvalue weighted by molar-refractivity contribution is 4.79. The fourth-order valence-corrected chi connectivity index (χ4v) is 3.42. The van der Waals surface area contributed by atoms with Gasteiger partial charge in [-0.1, -0.05) is 13.3 Å². The van der Waals surface area contributed by atoms with Crippen LogP contribution in [0, 0.1) is 11.8 Å². The third-order valence-corrected chi connectivity index (χ3v) is 4.50. The molecule has 0 radical (unpaired) electrons. The molecule has 0 aromatic carbocycles. The van der Waals surface area contributed by atoms with Crippen molar-refractivity contribution in [2.45, 2.75) is 70.4 Å². The standard InChI is InChI=1S/C14H27NO/c1-11-7-8-13(10-11)15-9-3-5-12-4-2-6-14(12)16/h11-16H,2-10H2,1H3. The molecule has 2 N–H and O–H groups in total. The number of aliphatic hydroxyl groups excluding tert-OH is 1. The summed E-state index contributed by atoms with van der Waals surface area (Å²) < 4.78 is 0. The van der Waals surface area contributed by atoms with E-state index in [1.54, 1.807) is 0 Å². The minimum absolute atomic E-state index is 0.00602. The molecule has 0 aliphatic heterocycles. The van der Waals surface area contributed by atoms with Crippen molar-refractivity contribution in [1.82, 2.24) is 5.32 Å². The second-order valence-electron chi connectivity index (χ2n) is 5.97. The summed E-state index contributed by atoms with van der Waals surface area (Å²) in [5.74, 6) is 1.53. The van der Waals surface area contributed by atoms with Gasteiger partial charge in [-0.2, -0.15) is 0 Å². The summed E-state index contributed by atoms with van der Waals surface area (Å²) in [6.45, 7) is 3.51. The topological polar surface area (TPSA) is 32.3 Å². The molecule has 2 fully saturated rings. The first kappa shape index (κ1) is 12.4. The highest BCUT2D eigenvalue weighted by atomic mass is 16.3. The minimum Gasteiger partial charge on any atom is -0.393 e. The van der Waals surface area contributed by atoms with E-state index in [-0.39, 0.29) is 6.10 Å². The molecule has 16 heavy (non-hydrogen) atoms. The molecule has 2 aliphatic carbocycles. The Kier molecular flexibility index (Phi) is 4.66. The number of hydrogen-bond acceptors (Lipinski definition) is 2. The molecule has 0 bridgehead atoms. The molecular weight excluding hydrogens is 198 g/mol. The van der Waals surface area contributed by atoms with E-state index in [2.05, 4.69) is 12.2 Å². The molecule has 94 valence electrons. The molecule has 4 atom stereocenters. The van der Waals surface area contributed by atoms with Crippen LogP contribution in [-0.4, -0.2) is 23.8 Å². The van der Waals surface area contributed by atoms with Gasteiger partial charge in [0, 0.05) is 6.04 Å². The first-order valence-corrected chi connectivity index (χ1v) is 7.17. The first-order chi connectivity index (χ1) is 7.75. The van der Waals surface area contributed by atoms with Crippen molar-refractivity contribution in [2.24, 2.45) is 11.8 Å². The van der Waals surface area contributed by atoms with Gasteiger partial charge in [-0.05, 0) is 63.3 Å². The molecule has 0 saturated heterocycles. The Labute approximate surface area is 99.8 Å². The molecule has 2 nitrogen and oxygen atoms in total. The van der Waals surface area contributed by atoms with Crippen molar-refractivity contribution in [3.8, 4) is 0 Å². The van der Waals surface area contributed by atoms with Crippen LogP contribution in [0.5, 0.6) is 0 Å². The number of rotatable bonds is 5. The highest BCUT2D eigenvalue weighted by Crippen LogP contribution is 2.29. The van der Waals surface area contributed by atoms with E-state index in [1.165, 1.54) is 44.9 Å². The maximum atomic E-state index is 9.71. The van der Waals surface area contributed by atoms with Gasteiger partial charge in [0.2, 0.25) is 0 Å². The maximum Gasteiger partial charge on any atom is 0.0568 e. The van der Waals surface area contributed by atoms with Crippen LogP contribution in [0.1, 0.15) is 58.3 Å². The van der Waals surface area contributed by atoms with E-state index in [0.29, 0.717) is 5.92 Å². The zero-order chi connectivity index (χ0) is 11.4. The van der Waals surface area contributed by atoms with E-state index in [9.17, 15) is 5.11 Å². The third kappa shape index (κ3) is 3.46. The van der Waals surface area contributed by atoms with Gasteiger partial charge in [-0.15, -0.1) is 0 Å². The Hall–Kier alpha value is -0.0800. The lowest BCUT2D eigenvalue weighted by Crippen LogP contribution is -2.28. The second-order valence-corrected chi connectivity index (χ2v) is 5.97. The van der Waals surface area contributed by atoms with Gasteiger partial charge in [-0.3, -0.25) is 0 Å². The zero-order valence-corrected chi connectivity index (χ0v) is 10.6. The lowest BCUT2D eigenvalue weighted by Gasteiger charge is -2.16. The Morgan fingerprint density at radius 1 is 1.19 bits per heavy atom. The van der Waals surface area contributed by atoms with Gasteiger partial charge >= 0.3 is 0 Å². The summed E-state index contributed by atoms with van der Waals surface area (Å²) in [6.07, 6.45) is 10.1. The van der Waals surface area contributed by atoms with Crippen molar-refractivity contribution >= 4 is 0 Å². The lowest BCUT2D eigenvalue weighted by atomic mass is 9.99. The van der Waals surface area contributed by atoms with E-state index in [0.717, 1.165) is 24.9 Å². The maximum absolute atomic E-state index is 9.71. The number of aliphatic hydroxyl groups is 1. The summed E-state index contributed by atoms with van der Waals surface area (Å²) in [4.78, 5) is 0. The summed E-state index contributed by atoms with van der Waals surface area (Å²) in [6, 6.07) is 0.781. The van der Waals surface area contributed by atoms with Gasteiger partial charge in [-0.25, -0.2) is 0 Å². The van der Waals surface area contributed by atoms with E-state index < -0.39 is 0 Å². The van der Waals surface area contributed by atoms with Crippen molar-refractivity contribution < 1.29 is 5.11 Å². The van der Waals surface area contributed by atoms with Crippen LogP contribution in [0.2, 0.25) is 0 Å². The van der Waals surface area contributed by atoms with Crippen LogP contribution in [-0.2, 0) is 0 Å². The van der Waals surface area contributed by atoms with Crippen molar-refractivity contribution in [1.29, 1.82) is 0 Å². The van der Waals surface area contributed by atoms with Crippen LogP contribution in [0.15, 0.2) is 0 Å². The van der Waals surface area contributed by atoms with Crippen LogP contribution < -0.4 is 5.32 Å². The number of nitrogens with one attached hydrogen (secondary N) is 1. The van der Waals surface area contributed by atoms with Crippen LogP contribution in [0.3, 0.4) is 0 Å². The molecule has 0 amide bonds. The molecule has 0 aromatic rings. The lowest BCUT2D eigenvalue weighted by molar-refractivity contribution is 0.126. The monoisotopic (exact) mass is 225 g/mol. The predicted octanol–water partition coefficient (Wildman–Crippen LogP) is 2.71. The normalized spacial score (nSPS) is 39.4. The van der Waals surface area contributed by atoms with Crippen LogP contribution in [0.4, 0.5) is 0 Å². The van der Waals surface area contributed by atoms with Crippen LogP contribution in [0.25, 0.3) is 0 Å². The van der Waals surface area contributed by atoms with Gasteiger partial charge < -0.3 is 10.4 Å². The number of hydrogen-bond donors (Lipinski definition) is 2. The van der Waals surface area contributed by atoms with Gasteiger partial charge in [0.05, 0.1) is 6.10 Å². The Balaban J connectivity index is 1.52. The van der Waals surface area contributed by atoms with Gasteiger partial charge in [0.15, 0.2) is 0 Å². The molecule has 4 unspecified atom stereocenters. The van der Waals surface area contributed by atoms with E-state index >= 15 is 0 Å². The zero-order valence-electron chi connectivity index (χ0n) is 10.6. The first-order valence-electron chi connectivity index (χ1n) is 7.17. The summed E-state index contributed by atoms with van der Waals surface area (Å²) in [5.41, 5.74) is 0. The molecule has 2 heteroatoms.